The second-order valence-electron chi connectivity index (χ2n) is 6.24. The van der Waals surface area contributed by atoms with E-state index in [1.807, 2.05) is 41.1 Å². The molecule has 1 aromatic carbocycles. The molecule has 0 saturated heterocycles. The molecule has 0 saturated carbocycles. The van der Waals surface area contributed by atoms with Crippen LogP contribution >= 0.6 is 0 Å². The molecule has 0 bridgehead atoms. The predicted octanol–water partition coefficient (Wildman–Crippen LogP) is 3.43. The van der Waals surface area contributed by atoms with Gasteiger partial charge in [0.25, 0.3) is 0 Å². The first-order chi connectivity index (χ1) is 14.2. The van der Waals surface area contributed by atoms with Crippen LogP contribution in [0.1, 0.15) is 5.56 Å². The van der Waals surface area contributed by atoms with Crippen LogP contribution in [-0.2, 0) is 6.54 Å². The Labute approximate surface area is 168 Å². The fourth-order valence-electron chi connectivity index (χ4n) is 3.17. The number of fused-ring (bicyclic) bond motifs is 1. The summed E-state index contributed by atoms with van der Waals surface area (Å²) >= 11 is 0. The van der Waals surface area contributed by atoms with Crippen LogP contribution < -0.4 is 19.5 Å². The van der Waals surface area contributed by atoms with Gasteiger partial charge in [-0.15, -0.1) is 0 Å². The van der Waals surface area contributed by atoms with Crippen molar-refractivity contribution >= 4 is 11.5 Å². The Kier molecular flexibility index (Phi) is 5.15. The van der Waals surface area contributed by atoms with Crippen LogP contribution in [0.15, 0.2) is 55.2 Å². The summed E-state index contributed by atoms with van der Waals surface area (Å²) in [6.45, 7) is 0.604. The molecular formula is C21H21N5O3. The Morgan fingerprint density at radius 1 is 0.966 bits per heavy atom. The van der Waals surface area contributed by atoms with Gasteiger partial charge in [-0.25, -0.2) is 9.97 Å². The average molecular weight is 391 g/mol. The average Bonchev–Trinajstić information content (AvgIpc) is 3.22. The first-order valence-electron chi connectivity index (χ1n) is 9.00. The van der Waals surface area contributed by atoms with Crippen LogP contribution in [0.5, 0.6) is 17.2 Å². The molecule has 0 radical (unpaired) electrons. The highest BCUT2D eigenvalue weighted by Gasteiger charge is 2.17. The molecule has 3 heterocycles. The highest BCUT2D eigenvalue weighted by molar-refractivity contribution is 5.74. The summed E-state index contributed by atoms with van der Waals surface area (Å²) in [6, 6.07) is 7.71. The summed E-state index contributed by atoms with van der Waals surface area (Å²) in [5.74, 6) is 2.41. The molecule has 0 aliphatic carbocycles. The van der Waals surface area contributed by atoms with Crippen LogP contribution in [0.4, 0.5) is 5.82 Å². The van der Waals surface area contributed by atoms with Crippen LogP contribution in [-0.4, -0.2) is 40.7 Å². The second-order valence-corrected chi connectivity index (χ2v) is 6.24. The van der Waals surface area contributed by atoms with E-state index in [1.165, 1.54) is 0 Å². The number of methoxy groups -OCH3 is 3. The molecule has 3 aromatic heterocycles. The second kappa shape index (κ2) is 8.05. The number of benzene rings is 1. The van der Waals surface area contributed by atoms with E-state index in [0.29, 0.717) is 29.6 Å². The Hall–Kier alpha value is -3.81. The number of nitrogens with zero attached hydrogens (tertiary/aromatic N) is 4. The zero-order chi connectivity index (χ0) is 20.2. The number of hydrogen-bond acceptors (Lipinski definition) is 7. The third-order valence-corrected chi connectivity index (χ3v) is 4.57. The normalized spacial score (nSPS) is 10.7. The molecule has 0 fully saturated rings. The molecule has 8 nitrogen and oxygen atoms in total. The van der Waals surface area contributed by atoms with Crippen molar-refractivity contribution in [2.45, 2.75) is 6.54 Å². The van der Waals surface area contributed by atoms with Gasteiger partial charge in [0.2, 0.25) is 5.75 Å². The zero-order valence-electron chi connectivity index (χ0n) is 16.4. The molecule has 0 aliphatic rings. The number of aromatic nitrogens is 4. The van der Waals surface area contributed by atoms with Gasteiger partial charge in [0.05, 0.1) is 33.2 Å². The summed E-state index contributed by atoms with van der Waals surface area (Å²) in [5, 5.41) is 3.33. The van der Waals surface area contributed by atoms with Crippen LogP contribution in [0, 0.1) is 0 Å². The van der Waals surface area contributed by atoms with Crippen molar-refractivity contribution in [3.8, 4) is 28.5 Å². The topological polar surface area (TPSA) is 82.8 Å². The maximum atomic E-state index is 5.48. The van der Waals surface area contributed by atoms with Gasteiger partial charge in [0.15, 0.2) is 23.0 Å². The third kappa shape index (κ3) is 3.52. The van der Waals surface area contributed by atoms with Gasteiger partial charge in [-0.05, 0) is 23.8 Å². The highest BCUT2D eigenvalue weighted by Crippen LogP contribution is 2.41. The Balaban J connectivity index is 1.73. The number of hydrogen-bond donors (Lipinski definition) is 1. The molecule has 29 heavy (non-hydrogen) atoms. The molecule has 0 amide bonds. The number of pyridine rings is 1. The van der Waals surface area contributed by atoms with Crippen LogP contribution in [0.2, 0.25) is 0 Å². The van der Waals surface area contributed by atoms with Gasteiger partial charge < -0.3 is 19.5 Å². The summed E-state index contributed by atoms with van der Waals surface area (Å²) in [4.78, 5) is 13.1. The minimum absolute atomic E-state index is 0.549. The maximum Gasteiger partial charge on any atom is 0.203 e. The number of rotatable bonds is 7. The summed E-state index contributed by atoms with van der Waals surface area (Å²) in [7, 11) is 4.78. The van der Waals surface area contributed by atoms with Crippen molar-refractivity contribution in [2.75, 3.05) is 26.6 Å². The van der Waals surface area contributed by atoms with E-state index in [2.05, 4.69) is 20.3 Å². The number of nitrogens with one attached hydrogen (secondary N) is 1. The van der Waals surface area contributed by atoms with E-state index in [-0.39, 0.29) is 0 Å². The Bertz CT molecular complexity index is 1100. The molecule has 0 atom stereocenters. The summed E-state index contributed by atoms with van der Waals surface area (Å²) in [6.07, 6.45) is 8.98. The van der Waals surface area contributed by atoms with Crippen molar-refractivity contribution in [3.63, 3.8) is 0 Å². The SMILES string of the molecule is COc1cc(-c2cnc3c(NCc4cccnc4)nccn23)cc(OC)c1OC. The lowest BCUT2D eigenvalue weighted by Gasteiger charge is -2.14. The lowest BCUT2D eigenvalue weighted by molar-refractivity contribution is 0.324. The number of ether oxygens (including phenoxy) is 3. The van der Waals surface area contributed by atoms with Crippen molar-refractivity contribution < 1.29 is 14.2 Å². The fourth-order valence-corrected chi connectivity index (χ4v) is 3.17. The van der Waals surface area contributed by atoms with Crippen LogP contribution in [0.3, 0.4) is 0 Å². The molecule has 148 valence electrons. The zero-order valence-corrected chi connectivity index (χ0v) is 16.4. The molecule has 4 rings (SSSR count). The van der Waals surface area contributed by atoms with Crippen molar-refractivity contribution in [3.05, 3.63) is 60.8 Å². The maximum absolute atomic E-state index is 5.48. The van der Waals surface area contributed by atoms with E-state index in [4.69, 9.17) is 14.2 Å². The lowest BCUT2D eigenvalue weighted by atomic mass is 10.1. The molecule has 1 N–H and O–H groups in total. The largest absolute Gasteiger partial charge is 0.493 e. The smallest absolute Gasteiger partial charge is 0.203 e. The standard InChI is InChI=1S/C21H21N5O3/c1-27-17-9-15(10-18(28-2)19(17)29-3)16-13-25-21-20(23-7-8-26(16)21)24-12-14-5-4-6-22-11-14/h4-11,13H,12H2,1-3H3,(H,23,24). The fraction of sp³-hybridized carbons (Fsp3) is 0.190. The first-order valence-corrected chi connectivity index (χ1v) is 9.00. The van der Waals surface area contributed by atoms with Gasteiger partial charge in [-0.2, -0.15) is 0 Å². The Morgan fingerprint density at radius 2 is 1.76 bits per heavy atom. The highest BCUT2D eigenvalue weighted by atomic mass is 16.5. The monoisotopic (exact) mass is 391 g/mol. The minimum atomic E-state index is 0.549. The first kappa shape index (κ1) is 18.5. The van der Waals surface area contributed by atoms with Gasteiger partial charge in [0, 0.05) is 36.9 Å². The third-order valence-electron chi connectivity index (χ3n) is 4.57. The predicted molar refractivity (Wildman–Crippen MR) is 110 cm³/mol. The number of anilines is 1. The van der Waals surface area contributed by atoms with E-state index < -0.39 is 0 Å². The summed E-state index contributed by atoms with van der Waals surface area (Å²) in [5.41, 5.74) is 3.55. The van der Waals surface area contributed by atoms with Gasteiger partial charge in [0.1, 0.15) is 0 Å². The quantitative estimate of drug-likeness (QED) is 0.517. The summed E-state index contributed by atoms with van der Waals surface area (Å²) < 4.78 is 18.3. The van der Waals surface area contributed by atoms with Crippen molar-refractivity contribution in [1.29, 1.82) is 0 Å². The molecule has 8 heteroatoms. The molecule has 4 aromatic rings. The van der Waals surface area contributed by atoms with E-state index in [0.717, 1.165) is 22.5 Å². The van der Waals surface area contributed by atoms with Crippen LogP contribution in [0.25, 0.3) is 16.9 Å². The Morgan fingerprint density at radius 3 is 2.41 bits per heavy atom. The van der Waals surface area contributed by atoms with E-state index in [9.17, 15) is 0 Å². The van der Waals surface area contributed by atoms with Gasteiger partial charge in [-0.1, -0.05) is 6.07 Å². The number of imidazole rings is 1. The molecule has 0 spiro atoms. The van der Waals surface area contributed by atoms with Gasteiger partial charge in [-0.3, -0.25) is 9.38 Å². The van der Waals surface area contributed by atoms with Gasteiger partial charge >= 0.3 is 0 Å². The molecule has 0 aliphatic heterocycles. The van der Waals surface area contributed by atoms with Crippen molar-refractivity contribution in [2.24, 2.45) is 0 Å². The minimum Gasteiger partial charge on any atom is -0.493 e. The molecule has 0 unspecified atom stereocenters. The van der Waals surface area contributed by atoms with E-state index >= 15 is 0 Å². The van der Waals surface area contributed by atoms with Crippen molar-refractivity contribution in [1.82, 2.24) is 19.4 Å². The molecular weight excluding hydrogens is 370 g/mol. The van der Waals surface area contributed by atoms with E-state index in [1.54, 1.807) is 39.9 Å². The lowest BCUT2D eigenvalue weighted by Crippen LogP contribution is -2.04.